The number of carboxylic acid groups (broad SMARTS) is 1. The summed E-state index contributed by atoms with van der Waals surface area (Å²) in [6, 6.07) is 5.35. The van der Waals surface area contributed by atoms with Crippen LogP contribution in [0.4, 0.5) is 5.69 Å². The number of methoxy groups -OCH3 is 1. The van der Waals surface area contributed by atoms with E-state index in [4.69, 9.17) is 9.84 Å². The van der Waals surface area contributed by atoms with Gasteiger partial charge in [0.05, 0.1) is 18.7 Å². The van der Waals surface area contributed by atoms with Crippen LogP contribution in [0.1, 0.15) is 13.8 Å². The topological polar surface area (TPSA) is 58.6 Å². The lowest BCUT2D eigenvalue weighted by Gasteiger charge is -2.20. The molecule has 0 bridgehead atoms. The summed E-state index contributed by atoms with van der Waals surface area (Å²) in [5, 5.41) is 12.1. The van der Waals surface area contributed by atoms with Crippen molar-refractivity contribution in [3.8, 4) is 5.75 Å². The quantitative estimate of drug-likeness (QED) is 0.878. The molecule has 1 aromatic rings. The van der Waals surface area contributed by atoms with Crippen LogP contribution in [0.15, 0.2) is 22.7 Å². The van der Waals surface area contributed by atoms with Gasteiger partial charge in [0.15, 0.2) is 0 Å². The normalized spacial score (nSPS) is 13.9. The van der Waals surface area contributed by atoms with E-state index >= 15 is 0 Å². The lowest BCUT2D eigenvalue weighted by atomic mass is 10.0. The Morgan fingerprint density at radius 2 is 2.12 bits per heavy atom. The predicted molar refractivity (Wildman–Crippen MR) is 70.6 cm³/mol. The van der Waals surface area contributed by atoms with Crippen LogP contribution in [0, 0.1) is 5.92 Å². The summed E-state index contributed by atoms with van der Waals surface area (Å²) in [6.07, 6.45) is 0. The molecule has 0 aliphatic carbocycles. The first-order chi connectivity index (χ1) is 7.95. The van der Waals surface area contributed by atoms with Crippen LogP contribution < -0.4 is 10.1 Å². The number of carboxylic acids is 1. The lowest BCUT2D eigenvalue weighted by molar-refractivity contribution is -0.141. The average molecular weight is 302 g/mol. The zero-order chi connectivity index (χ0) is 13.0. The third kappa shape index (κ3) is 3.63. The number of hydrogen-bond acceptors (Lipinski definition) is 3. The molecule has 0 aliphatic rings. The van der Waals surface area contributed by atoms with Crippen LogP contribution >= 0.6 is 15.9 Å². The smallest absolute Gasteiger partial charge is 0.308 e. The van der Waals surface area contributed by atoms with Crippen molar-refractivity contribution in [1.82, 2.24) is 0 Å². The monoisotopic (exact) mass is 301 g/mol. The van der Waals surface area contributed by atoms with Crippen molar-refractivity contribution in [3.63, 3.8) is 0 Å². The molecule has 17 heavy (non-hydrogen) atoms. The third-order valence-corrected chi connectivity index (χ3v) is 3.39. The fourth-order valence-corrected chi connectivity index (χ4v) is 1.69. The highest BCUT2D eigenvalue weighted by Gasteiger charge is 2.19. The van der Waals surface area contributed by atoms with E-state index in [1.807, 2.05) is 25.1 Å². The molecule has 0 radical (unpaired) electrons. The van der Waals surface area contributed by atoms with E-state index in [-0.39, 0.29) is 6.04 Å². The first-order valence-electron chi connectivity index (χ1n) is 5.28. The number of rotatable bonds is 5. The molecular formula is C12H16BrNO3. The van der Waals surface area contributed by atoms with Gasteiger partial charge in [0.25, 0.3) is 0 Å². The molecule has 4 nitrogen and oxygen atoms in total. The largest absolute Gasteiger partial charge is 0.497 e. The number of hydrogen-bond donors (Lipinski definition) is 2. The number of anilines is 1. The van der Waals surface area contributed by atoms with Gasteiger partial charge < -0.3 is 15.2 Å². The Balaban J connectivity index is 2.83. The maximum Gasteiger partial charge on any atom is 0.308 e. The Labute approximate surface area is 109 Å². The van der Waals surface area contributed by atoms with E-state index in [1.165, 1.54) is 0 Å². The summed E-state index contributed by atoms with van der Waals surface area (Å²) >= 11 is 3.41. The summed E-state index contributed by atoms with van der Waals surface area (Å²) in [7, 11) is 1.59. The zero-order valence-corrected chi connectivity index (χ0v) is 11.6. The Morgan fingerprint density at radius 3 is 2.65 bits per heavy atom. The van der Waals surface area contributed by atoms with Gasteiger partial charge in [0.1, 0.15) is 5.75 Å². The highest BCUT2D eigenvalue weighted by Crippen LogP contribution is 2.28. The van der Waals surface area contributed by atoms with E-state index in [0.29, 0.717) is 0 Å². The molecule has 0 heterocycles. The van der Waals surface area contributed by atoms with Crippen LogP contribution in [0.5, 0.6) is 5.75 Å². The van der Waals surface area contributed by atoms with Crippen molar-refractivity contribution in [2.24, 2.45) is 5.92 Å². The average Bonchev–Trinajstić information content (AvgIpc) is 2.30. The molecule has 5 heteroatoms. The van der Waals surface area contributed by atoms with Gasteiger partial charge >= 0.3 is 5.97 Å². The number of ether oxygens (including phenoxy) is 1. The lowest BCUT2D eigenvalue weighted by Crippen LogP contribution is -2.29. The molecular weight excluding hydrogens is 286 g/mol. The molecule has 1 rings (SSSR count). The molecule has 0 aromatic heterocycles. The minimum Gasteiger partial charge on any atom is -0.497 e. The molecule has 0 fully saturated rings. The number of halogens is 1. The van der Waals surface area contributed by atoms with Crippen LogP contribution in [-0.4, -0.2) is 24.2 Å². The fraction of sp³-hybridized carbons (Fsp3) is 0.417. The Hall–Kier alpha value is -1.23. The summed E-state index contributed by atoms with van der Waals surface area (Å²) < 4.78 is 6.00. The summed E-state index contributed by atoms with van der Waals surface area (Å²) in [5.74, 6) is -0.553. The van der Waals surface area contributed by atoms with Crippen LogP contribution in [-0.2, 0) is 4.79 Å². The maximum absolute atomic E-state index is 10.9. The fourth-order valence-electron chi connectivity index (χ4n) is 1.33. The van der Waals surface area contributed by atoms with Crippen LogP contribution in [0.2, 0.25) is 0 Å². The minimum atomic E-state index is -0.816. The first-order valence-corrected chi connectivity index (χ1v) is 6.08. The standard InChI is InChI=1S/C12H16BrNO3/c1-7(12(15)16)8(2)14-11-6-9(17-3)4-5-10(11)13/h4-8,14H,1-3H3,(H,15,16). The van der Waals surface area contributed by atoms with Crippen molar-refractivity contribution < 1.29 is 14.6 Å². The number of aliphatic carboxylic acids is 1. The van der Waals surface area contributed by atoms with Gasteiger partial charge in [0.2, 0.25) is 0 Å². The SMILES string of the molecule is COc1ccc(Br)c(NC(C)C(C)C(=O)O)c1. The van der Waals surface area contributed by atoms with E-state index < -0.39 is 11.9 Å². The summed E-state index contributed by atoms with van der Waals surface area (Å²) in [4.78, 5) is 10.9. The van der Waals surface area contributed by atoms with Crippen molar-refractivity contribution in [3.05, 3.63) is 22.7 Å². The van der Waals surface area contributed by atoms with E-state index in [9.17, 15) is 4.79 Å². The molecule has 0 amide bonds. The number of benzene rings is 1. The number of carbonyl (C=O) groups is 1. The molecule has 2 N–H and O–H groups in total. The molecule has 0 aliphatic heterocycles. The highest BCUT2D eigenvalue weighted by atomic mass is 79.9. The summed E-state index contributed by atoms with van der Waals surface area (Å²) in [5.41, 5.74) is 0.824. The van der Waals surface area contributed by atoms with Gasteiger partial charge in [-0.1, -0.05) is 0 Å². The van der Waals surface area contributed by atoms with Crippen LogP contribution in [0.3, 0.4) is 0 Å². The van der Waals surface area contributed by atoms with E-state index in [2.05, 4.69) is 21.2 Å². The molecule has 94 valence electrons. The zero-order valence-electron chi connectivity index (χ0n) is 10.0. The van der Waals surface area contributed by atoms with Crippen molar-refractivity contribution >= 4 is 27.6 Å². The Morgan fingerprint density at radius 1 is 1.47 bits per heavy atom. The van der Waals surface area contributed by atoms with Gasteiger partial charge in [-0.3, -0.25) is 4.79 Å². The third-order valence-electron chi connectivity index (χ3n) is 2.70. The second-order valence-corrected chi connectivity index (χ2v) is 4.76. The number of nitrogens with one attached hydrogen (secondary N) is 1. The van der Waals surface area contributed by atoms with Gasteiger partial charge in [-0.25, -0.2) is 0 Å². The summed E-state index contributed by atoms with van der Waals surface area (Å²) in [6.45, 7) is 3.51. The van der Waals surface area contributed by atoms with Crippen molar-refractivity contribution in [1.29, 1.82) is 0 Å². The van der Waals surface area contributed by atoms with E-state index in [0.717, 1.165) is 15.9 Å². The minimum absolute atomic E-state index is 0.170. The second kappa shape index (κ2) is 5.91. The van der Waals surface area contributed by atoms with Gasteiger partial charge in [-0.05, 0) is 41.9 Å². The maximum atomic E-state index is 10.9. The molecule has 2 atom stereocenters. The molecule has 2 unspecified atom stereocenters. The first kappa shape index (κ1) is 13.8. The highest BCUT2D eigenvalue weighted by molar-refractivity contribution is 9.10. The van der Waals surface area contributed by atoms with Crippen molar-refractivity contribution in [2.45, 2.75) is 19.9 Å². The molecule has 0 saturated heterocycles. The van der Waals surface area contributed by atoms with Gasteiger partial charge in [-0.15, -0.1) is 0 Å². The van der Waals surface area contributed by atoms with E-state index in [1.54, 1.807) is 14.0 Å². The van der Waals surface area contributed by atoms with Crippen molar-refractivity contribution in [2.75, 3.05) is 12.4 Å². The molecule has 0 saturated carbocycles. The molecule has 0 spiro atoms. The molecule has 1 aromatic carbocycles. The Bertz CT molecular complexity index is 409. The second-order valence-electron chi connectivity index (χ2n) is 3.91. The Kier molecular flexibility index (Phi) is 4.81. The van der Waals surface area contributed by atoms with Gasteiger partial charge in [0, 0.05) is 16.6 Å². The van der Waals surface area contributed by atoms with Gasteiger partial charge in [-0.2, -0.15) is 0 Å². The predicted octanol–water partition coefficient (Wildman–Crippen LogP) is 2.98. The van der Waals surface area contributed by atoms with Crippen LogP contribution in [0.25, 0.3) is 0 Å².